The third-order valence-electron chi connectivity index (χ3n) is 3.33. The molecule has 90 valence electrons. The van der Waals surface area contributed by atoms with Crippen molar-refractivity contribution in [2.24, 2.45) is 0 Å². The van der Waals surface area contributed by atoms with Gasteiger partial charge < -0.3 is 10.3 Å². The second-order valence-corrected chi connectivity index (χ2v) is 4.53. The number of hydrogen-bond donors (Lipinski definition) is 2. The number of hydrogen-bond acceptors (Lipinski definition) is 2. The standard InChI is InChI=1S/C13H16FN3/c14-11-1-2-13-12(7-11)10(8-16-13)9-17-5-3-15-4-6-17/h1-2,7-8,15-16H,3-6,9H2. The number of halogens is 1. The first kappa shape index (κ1) is 10.7. The fourth-order valence-corrected chi connectivity index (χ4v) is 2.39. The number of nitrogens with one attached hydrogen (secondary N) is 2. The number of nitrogens with zero attached hydrogens (tertiary/aromatic N) is 1. The van der Waals surface area contributed by atoms with Gasteiger partial charge in [0.2, 0.25) is 0 Å². The van der Waals surface area contributed by atoms with Crippen molar-refractivity contribution >= 4 is 10.9 Å². The van der Waals surface area contributed by atoms with E-state index in [2.05, 4.69) is 15.2 Å². The van der Waals surface area contributed by atoms with Gasteiger partial charge in [-0.3, -0.25) is 4.90 Å². The van der Waals surface area contributed by atoms with Crippen LogP contribution in [-0.2, 0) is 6.54 Å². The van der Waals surface area contributed by atoms with Crippen molar-refractivity contribution in [3.05, 3.63) is 35.8 Å². The maximum atomic E-state index is 13.2. The Morgan fingerprint density at radius 3 is 2.88 bits per heavy atom. The van der Waals surface area contributed by atoms with Gasteiger partial charge in [-0.1, -0.05) is 0 Å². The van der Waals surface area contributed by atoms with Crippen LogP contribution in [0.4, 0.5) is 4.39 Å². The van der Waals surface area contributed by atoms with Gasteiger partial charge in [0, 0.05) is 49.8 Å². The molecule has 17 heavy (non-hydrogen) atoms. The minimum Gasteiger partial charge on any atom is -0.361 e. The molecule has 0 unspecified atom stereocenters. The van der Waals surface area contributed by atoms with E-state index in [1.165, 1.54) is 11.6 Å². The molecule has 3 rings (SSSR count). The van der Waals surface area contributed by atoms with E-state index in [1.807, 2.05) is 6.20 Å². The first-order chi connectivity index (χ1) is 8.33. The zero-order valence-corrected chi connectivity index (χ0v) is 9.67. The normalized spacial score (nSPS) is 17.7. The third kappa shape index (κ3) is 2.18. The lowest BCUT2D eigenvalue weighted by Crippen LogP contribution is -2.42. The molecule has 0 atom stereocenters. The van der Waals surface area contributed by atoms with E-state index < -0.39 is 0 Å². The molecule has 1 aromatic carbocycles. The Morgan fingerprint density at radius 2 is 2.06 bits per heavy atom. The van der Waals surface area contributed by atoms with Crippen molar-refractivity contribution in [1.29, 1.82) is 0 Å². The van der Waals surface area contributed by atoms with Crippen molar-refractivity contribution in [2.75, 3.05) is 26.2 Å². The van der Waals surface area contributed by atoms with Gasteiger partial charge in [-0.2, -0.15) is 0 Å². The lowest BCUT2D eigenvalue weighted by atomic mass is 10.1. The summed E-state index contributed by atoms with van der Waals surface area (Å²) in [5.41, 5.74) is 2.19. The Morgan fingerprint density at radius 1 is 1.24 bits per heavy atom. The van der Waals surface area contributed by atoms with Crippen LogP contribution in [0.2, 0.25) is 0 Å². The van der Waals surface area contributed by atoms with Gasteiger partial charge in [0.05, 0.1) is 0 Å². The van der Waals surface area contributed by atoms with Crippen LogP contribution in [0.5, 0.6) is 0 Å². The second-order valence-electron chi connectivity index (χ2n) is 4.53. The lowest BCUT2D eigenvalue weighted by Gasteiger charge is -2.26. The number of piperazine rings is 1. The molecule has 0 bridgehead atoms. The predicted octanol–water partition coefficient (Wildman–Crippen LogP) is 1.71. The maximum absolute atomic E-state index is 13.2. The molecule has 0 saturated carbocycles. The fraction of sp³-hybridized carbons (Fsp3) is 0.385. The summed E-state index contributed by atoms with van der Waals surface area (Å²) in [5, 5.41) is 4.33. The van der Waals surface area contributed by atoms with Gasteiger partial charge >= 0.3 is 0 Å². The Kier molecular flexibility index (Phi) is 2.82. The van der Waals surface area contributed by atoms with Gasteiger partial charge in [0.15, 0.2) is 0 Å². The molecular formula is C13H16FN3. The highest BCUT2D eigenvalue weighted by molar-refractivity contribution is 5.83. The molecule has 0 radical (unpaired) electrons. The van der Waals surface area contributed by atoms with E-state index in [-0.39, 0.29) is 5.82 Å². The van der Waals surface area contributed by atoms with E-state index in [0.29, 0.717) is 0 Å². The topological polar surface area (TPSA) is 31.1 Å². The summed E-state index contributed by atoms with van der Waals surface area (Å²) in [6.07, 6.45) is 1.99. The van der Waals surface area contributed by atoms with E-state index in [4.69, 9.17) is 0 Å². The van der Waals surface area contributed by atoms with E-state index in [1.54, 1.807) is 12.1 Å². The molecule has 2 aromatic rings. The van der Waals surface area contributed by atoms with Crippen LogP contribution < -0.4 is 5.32 Å². The van der Waals surface area contributed by atoms with Gasteiger partial charge in [-0.15, -0.1) is 0 Å². The summed E-state index contributed by atoms with van der Waals surface area (Å²) in [7, 11) is 0. The molecule has 1 aliphatic rings. The number of aromatic nitrogens is 1. The zero-order valence-electron chi connectivity index (χ0n) is 9.67. The minimum absolute atomic E-state index is 0.168. The third-order valence-corrected chi connectivity index (χ3v) is 3.33. The average molecular weight is 233 g/mol. The highest BCUT2D eigenvalue weighted by Gasteiger charge is 2.12. The molecule has 1 aromatic heterocycles. The monoisotopic (exact) mass is 233 g/mol. The lowest BCUT2D eigenvalue weighted by molar-refractivity contribution is 0.234. The Labute approximate surface area is 99.6 Å². The predicted molar refractivity (Wildman–Crippen MR) is 66.4 cm³/mol. The highest BCUT2D eigenvalue weighted by Crippen LogP contribution is 2.20. The number of rotatable bonds is 2. The van der Waals surface area contributed by atoms with Crippen LogP contribution in [0.3, 0.4) is 0 Å². The molecule has 0 amide bonds. The summed E-state index contributed by atoms with van der Waals surface area (Å²) in [6, 6.07) is 4.91. The smallest absolute Gasteiger partial charge is 0.123 e. The number of H-pyrrole nitrogens is 1. The van der Waals surface area contributed by atoms with Crippen molar-refractivity contribution in [1.82, 2.24) is 15.2 Å². The van der Waals surface area contributed by atoms with E-state index in [9.17, 15) is 4.39 Å². The molecular weight excluding hydrogens is 217 g/mol. The molecule has 3 nitrogen and oxygen atoms in total. The summed E-state index contributed by atoms with van der Waals surface area (Å²) < 4.78 is 13.2. The van der Waals surface area contributed by atoms with Crippen LogP contribution in [0.1, 0.15) is 5.56 Å². The van der Waals surface area contributed by atoms with E-state index in [0.717, 1.165) is 43.6 Å². The van der Waals surface area contributed by atoms with Gasteiger partial charge in [-0.25, -0.2) is 4.39 Å². The van der Waals surface area contributed by atoms with Crippen molar-refractivity contribution in [2.45, 2.75) is 6.54 Å². The molecule has 1 saturated heterocycles. The summed E-state index contributed by atoms with van der Waals surface area (Å²) in [5.74, 6) is -0.168. The van der Waals surface area contributed by atoms with Crippen molar-refractivity contribution in [3.63, 3.8) is 0 Å². The molecule has 1 aliphatic heterocycles. The van der Waals surface area contributed by atoms with Crippen LogP contribution in [0, 0.1) is 5.82 Å². The van der Waals surface area contributed by atoms with Crippen LogP contribution in [-0.4, -0.2) is 36.1 Å². The molecule has 2 heterocycles. The van der Waals surface area contributed by atoms with Crippen LogP contribution >= 0.6 is 0 Å². The summed E-state index contributed by atoms with van der Waals surface area (Å²) in [6.45, 7) is 5.09. The SMILES string of the molecule is Fc1ccc2[nH]cc(CN3CCNCC3)c2c1. The first-order valence-corrected chi connectivity index (χ1v) is 6.01. The van der Waals surface area contributed by atoms with Gasteiger partial charge in [0.1, 0.15) is 5.82 Å². The summed E-state index contributed by atoms with van der Waals surface area (Å²) in [4.78, 5) is 5.59. The Hall–Kier alpha value is -1.39. The molecule has 0 aliphatic carbocycles. The molecule has 4 heteroatoms. The molecule has 0 spiro atoms. The van der Waals surface area contributed by atoms with Crippen LogP contribution in [0.25, 0.3) is 10.9 Å². The van der Waals surface area contributed by atoms with Crippen molar-refractivity contribution < 1.29 is 4.39 Å². The minimum atomic E-state index is -0.168. The Balaban J connectivity index is 1.86. The zero-order chi connectivity index (χ0) is 11.7. The number of fused-ring (bicyclic) bond motifs is 1. The number of aromatic amines is 1. The average Bonchev–Trinajstić information content (AvgIpc) is 2.73. The first-order valence-electron chi connectivity index (χ1n) is 6.01. The largest absolute Gasteiger partial charge is 0.361 e. The number of benzene rings is 1. The maximum Gasteiger partial charge on any atom is 0.123 e. The van der Waals surface area contributed by atoms with Gasteiger partial charge in [0.25, 0.3) is 0 Å². The Bertz CT molecular complexity index is 514. The fourth-order valence-electron chi connectivity index (χ4n) is 2.39. The second kappa shape index (κ2) is 4.47. The van der Waals surface area contributed by atoms with Crippen molar-refractivity contribution in [3.8, 4) is 0 Å². The van der Waals surface area contributed by atoms with Crippen LogP contribution in [0.15, 0.2) is 24.4 Å². The van der Waals surface area contributed by atoms with E-state index >= 15 is 0 Å². The highest BCUT2D eigenvalue weighted by atomic mass is 19.1. The quantitative estimate of drug-likeness (QED) is 0.827. The molecule has 1 fully saturated rings. The van der Waals surface area contributed by atoms with Gasteiger partial charge in [-0.05, 0) is 23.8 Å². The summed E-state index contributed by atoms with van der Waals surface area (Å²) >= 11 is 0. The molecule has 2 N–H and O–H groups in total.